The van der Waals surface area contributed by atoms with E-state index in [4.69, 9.17) is 4.74 Å². The normalized spacial score (nSPS) is 17.1. The third-order valence-corrected chi connectivity index (χ3v) is 4.84. The molecule has 126 valence electrons. The van der Waals surface area contributed by atoms with Crippen LogP contribution >= 0.6 is 11.3 Å². The molecule has 0 saturated carbocycles. The van der Waals surface area contributed by atoms with E-state index >= 15 is 0 Å². The summed E-state index contributed by atoms with van der Waals surface area (Å²) in [7, 11) is 1.60. The lowest BCUT2D eigenvalue weighted by Gasteiger charge is -2.24. The lowest BCUT2D eigenvalue weighted by atomic mass is 10.1. The zero-order valence-corrected chi connectivity index (χ0v) is 14.2. The zero-order chi connectivity index (χ0) is 16.9. The van der Waals surface area contributed by atoms with Crippen LogP contribution in [0.2, 0.25) is 0 Å². The van der Waals surface area contributed by atoms with Gasteiger partial charge in [-0.2, -0.15) is 0 Å². The maximum Gasteiger partial charge on any atom is 0.243 e. The number of ether oxygens (including phenoxy) is 1. The van der Waals surface area contributed by atoms with Crippen LogP contribution in [0.1, 0.15) is 23.4 Å². The fourth-order valence-electron chi connectivity index (χ4n) is 2.84. The van der Waals surface area contributed by atoms with Crippen molar-refractivity contribution >= 4 is 23.2 Å². The van der Waals surface area contributed by atoms with Crippen LogP contribution in [-0.2, 0) is 22.7 Å². The first-order valence-electron chi connectivity index (χ1n) is 7.76. The van der Waals surface area contributed by atoms with E-state index in [1.54, 1.807) is 18.2 Å². The van der Waals surface area contributed by atoms with Crippen LogP contribution < -0.4 is 10.1 Å². The van der Waals surface area contributed by atoms with Gasteiger partial charge in [-0.3, -0.25) is 9.59 Å². The van der Waals surface area contributed by atoms with E-state index in [-0.39, 0.29) is 11.8 Å². The highest BCUT2D eigenvalue weighted by atomic mass is 32.1. The molecule has 2 aromatic rings. The Morgan fingerprint density at radius 3 is 3.04 bits per heavy atom. The largest absolute Gasteiger partial charge is 0.496 e. The van der Waals surface area contributed by atoms with Gasteiger partial charge < -0.3 is 15.0 Å². The number of nitrogens with one attached hydrogen (secondary N) is 1. The summed E-state index contributed by atoms with van der Waals surface area (Å²) in [5, 5.41) is 5.60. The monoisotopic (exact) mass is 345 g/mol. The van der Waals surface area contributed by atoms with Gasteiger partial charge in [0.05, 0.1) is 20.2 Å². The molecular formula is C17H19N3O3S. The lowest BCUT2D eigenvalue weighted by Crippen LogP contribution is -2.44. The highest BCUT2D eigenvalue weighted by Gasteiger charge is 2.36. The number of hydrogen-bond acceptors (Lipinski definition) is 5. The number of thiazole rings is 1. The van der Waals surface area contributed by atoms with Gasteiger partial charge in [0.1, 0.15) is 16.8 Å². The first-order valence-corrected chi connectivity index (χ1v) is 8.64. The van der Waals surface area contributed by atoms with Gasteiger partial charge in [0, 0.05) is 23.6 Å². The number of methoxy groups -OCH3 is 1. The van der Waals surface area contributed by atoms with Crippen LogP contribution in [0.5, 0.6) is 5.75 Å². The van der Waals surface area contributed by atoms with Crippen molar-refractivity contribution in [3.05, 3.63) is 46.4 Å². The highest BCUT2D eigenvalue weighted by molar-refractivity contribution is 7.09. The average Bonchev–Trinajstić information content (AvgIpc) is 3.24. The van der Waals surface area contributed by atoms with Crippen LogP contribution in [0.25, 0.3) is 0 Å². The molecule has 0 spiro atoms. The highest BCUT2D eigenvalue weighted by Crippen LogP contribution is 2.26. The first-order chi connectivity index (χ1) is 11.7. The number of carbonyl (C=O) groups is 2. The second-order valence-corrected chi connectivity index (χ2v) is 6.51. The molecule has 0 radical (unpaired) electrons. The number of aromatic nitrogens is 1. The van der Waals surface area contributed by atoms with E-state index in [0.717, 1.165) is 16.3 Å². The molecule has 0 bridgehead atoms. The predicted molar refractivity (Wildman–Crippen MR) is 90.5 cm³/mol. The van der Waals surface area contributed by atoms with Crippen LogP contribution in [0.3, 0.4) is 0 Å². The van der Waals surface area contributed by atoms with Crippen molar-refractivity contribution in [3.63, 3.8) is 0 Å². The fourth-order valence-corrected chi connectivity index (χ4v) is 3.40. The Kier molecular flexibility index (Phi) is 5.10. The van der Waals surface area contributed by atoms with Gasteiger partial charge in [-0.15, -0.1) is 11.3 Å². The maximum absolute atomic E-state index is 12.5. The lowest BCUT2D eigenvalue weighted by molar-refractivity contribution is -0.135. The number of para-hydroxylation sites is 1. The Hall–Kier alpha value is -2.41. The topological polar surface area (TPSA) is 71.5 Å². The Balaban J connectivity index is 1.68. The van der Waals surface area contributed by atoms with Crippen molar-refractivity contribution in [2.24, 2.45) is 0 Å². The molecule has 6 nitrogen and oxygen atoms in total. The molecule has 1 N–H and O–H groups in total. The van der Waals surface area contributed by atoms with Gasteiger partial charge in [0.25, 0.3) is 0 Å². The molecule has 1 aliphatic rings. The fraction of sp³-hybridized carbons (Fsp3) is 0.353. The van der Waals surface area contributed by atoms with Crippen LogP contribution in [0, 0.1) is 0 Å². The number of amides is 2. The zero-order valence-electron chi connectivity index (χ0n) is 13.4. The predicted octanol–water partition coefficient (Wildman–Crippen LogP) is 1.96. The Labute approximate surface area is 144 Å². The quantitative estimate of drug-likeness (QED) is 0.869. The molecule has 1 fully saturated rings. The summed E-state index contributed by atoms with van der Waals surface area (Å²) in [4.78, 5) is 30.5. The van der Waals surface area contributed by atoms with Gasteiger partial charge in [0.2, 0.25) is 11.8 Å². The van der Waals surface area contributed by atoms with Gasteiger partial charge in [-0.25, -0.2) is 4.98 Å². The molecular weight excluding hydrogens is 326 g/mol. The number of hydrogen-bond donors (Lipinski definition) is 1. The van der Waals surface area contributed by atoms with Crippen molar-refractivity contribution < 1.29 is 14.3 Å². The van der Waals surface area contributed by atoms with E-state index in [2.05, 4.69) is 10.3 Å². The minimum Gasteiger partial charge on any atom is -0.496 e. The number of rotatable bonds is 6. The SMILES string of the molecule is COc1ccccc1CN1C(=O)CC[C@@H]1C(=O)NCc1nccs1. The van der Waals surface area contributed by atoms with E-state index in [0.29, 0.717) is 25.9 Å². The number of likely N-dealkylation sites (tertiary alicyclic amines) is 1. The minimum absolute atomic E-state index is 0.00435. The van der Waals surface area contributed by atoms with E-state index < -0.39 is 6.04 Å². The maximum atomic E-state index is 12.5. The third kappa shape index (κ3) is 3.56. The minimum atomic E-state index is -0.442. The molecule has 7 heteroatoms. The molecule has 2 heterocycles. The molecule has 1 atom stereocenters. The third-order valence-electron chi connectivity index (χ3n) is 4.06. The molecule has 1 aromatic carbocycles. The molecule has 0 unspecified atom stereocenters. The smallest absolute Gasteiger partial charge is 0.243 e. The van der Waals surface area contributed by atoms with Crippen LogP contribution in [0.4, 0.5) is 0 Å². The summed E-state index contributed by atoms with van der Waals surface area (Å²) in [5.41, 5.74) is 0.896. The molecule has 0 aliphatic carbocycles. The summed E-state index contributed by atoms with van der Waals surface area (Å²) in [6.45, 7) is 0.766. The average molecular weight is 345 g/mol. The molecule has 1 saturated heterocycles. The summed E-state index contributed by atoms with van der Waals surface area (Å²) >= 11 is 1.49. The van der Waals surface area contributed by atoms with Gasteiger partial charge in [-0.05, 0) is 12.5 Å². The molecule has 24 heavy (non-hydrogen) atoms. The second kappa shape index (κ2) is 7.44. The molecule has 1 aromatic heterocycles. The summed E-state index contributed by atoms with van der Waals surface area (Å²) in [6, 6.07) is 7.10. The molecule has 3 rings (SSSR count). The Morgan fingerprint density at radius 1 is 1.46 bits per heavy atom. The van der Waals surface area contributed by atoms with Crippen molar-refractivity contribution in [2.45, 2.75) is 32.0 Å². The van der Waals surface area contributed by atoms with Crippen molar-refractivity contribution in [3.8, 4) is 5.75 Å². The van der Waals surface area contributed by atoms with Gasteiger partial charge >= 0.3 is 0 Å². The Morgan fingerprint density at radius 2 is 2.29 bits per heavy atom. The summed E-state index contributed by atoms with van der Waals surface area (Å²) < 4.78 is 5.34. The van der Waals surface area contributed by atoms with Crippen LogP contribution in [0.15, 0.2) is 35.8 Å². The van der Waals surface area contributed by atoms with Crippen LogP contribution in [-0.4, -0.2) is 34.8 Å². The standard InChI is InChI=1S/C17H19N3O3S/c1-23-14-5-3-2-4-12(14)11-20-13(6-7-16(20)21)17(22)19-10-15-18-8-9-24-15/h2-5,8-9,13H,6-7,10-11H2,1H3,(H,19,22)/t13-/m1/s1. The summed E-state index contributed by atoms with van der Waals surface area (Å²) in [6.07, 6.45) is 2.64. The first kappa shape index (κ1) is 16.4. The Bertz CT molecular complexity index is 718. The van der Waals surface area contributed by atoms with E-state index in [9.17, 15) is 9.59 Å². The van der Waals surface area contributed by atoms with Crippen molar-refractivity contribution in [1.82, 2.24) is 15.2 Å². The second-order valence-electron chi connectivity index (χ2n) is 5.53. The van der Waals surface area contributed by atoms with Gasteiger partial charge in [-0.1, -0.05) is 18.2 Å². The number of benzene rings is 1. The van der Waals surface area contributed by atoms with Crippen molar-refractivity contribution in [2.75, 3.05) is 7.11 Å². The van der Waals surface area contributed by atoms with Gasteiger partial charge in [0.15, 0.2) is 0 Å². The number of carbonyl (C=O) groups excluding carboxylic acids is 2. The summed E-state index contributed by atoms with van der Waals surface area (Å²) in [5.74, 6) is 0.584. The van der Waals surface area contributed by atoms with E-state index in [1.807, 2.05) is 29.6 Å². The molecule has 2 amide bonds. The number of nitrogens with zero attached hydrogens (tertiary/aromatic N) is 2. The van der Waals surface area contributed by atoms with Crippen molar-refractivity contribution in [1.29, 1.82) is 0 Å². The van der Waals surface area contributed by atoms with E-state index in [1.165, 1.54) is 11.3 Å². The molecule has 1 aliphatic heterocycles.